The Kier molecular flexibility index (Phi) is 3.19. The summed E-state index contributed by atoms with van der Waals surface area (Å²) in [5.41, 5.74) is 1.65. The second-order valence-electron chi connectivity index (χ2n) is 2.99. The van der Waals surface area contributed by atoms with Crippen LogP contribution in [-0.4, -0.2) is 4.92 Å². The molecule has 0 unspecified atom stereocenters. The van der Waals surface area contributed by atoms with Gasteiger partial charge in [0.05, 0.1) is 11.0 Å². The lowest BCUT2D eigenvalue weighted by Crippen LogP contribution is -1.97. The van der Waals surface area contributed by atoms with Crippen molar-refractivity contribution in [3.05, 3.63) is 39.4 Å². The third-order valence-corrected chi connectivity index (χ3v) is 2.07. The highest BCUT2D eigenvalue weighted by Gasteiger charge is 2.14. The van der Waals surface area contributed by atoms with Gasteiger partial charge in [-0.05, 0) is 18.9 Å². The van der Waals surface area contributed by atoms with Gasteiger partial charge in [-0.1, -0.05) is 12.1 Å². The lowest BCUT2D eigenvalue weighted by Gasteiger charge is -2.03. The van der Waals surface area contributed by atoms with Crippen LogP contribution in [0.3, 0.4) is 0 Å². The van der Waals surface area contributed by atoms with E-state index in [1.54, 1.807) is 6.07 Å². The topological polar surface area (TPSA) is 66.9 Å². The molecule has 0 aliphatic rings. The van der Waals surface area contributed by atoms with Crippen molar-refractivity contribution in [2.75, 3.05) is 0 Å². The van der Waals surface area contributed by atoms with Crippen molar-refractivity contribution in [1.29, 1.82) is 5.26 Å². The van der Waals surface area contributed by atoms with Crippen LogP contribution in [0.15, 0.2) is 18.2 Å². The van der Waals surface area contributed by atoms with Gasteiger partial charge in [-0.15, -0.1) is 0 Å². The van der Waals surface area contributed by atoms with E-state index >= 15 is 0 Å². The van der Waals surface area contributed by atoms with Crippen LogP contribution in [0.2, 0.25) is 0 Å². The van der Waals surface area contributed by atoms with E-state index in [0.29, 0.717) is 18.4 Å². The van der Waals surface area contributed by atoms with Crippen LogP contribution >= 0.6 is 0 Å². The first kappa shape index (κ1) is 10.2. The molecule has 0 aliphatic heterocycles. The average Bonchev–Trinajstić information content (AvgIpc) is 2.15. The Hall–Kier alpha value is -1.89. The van der Waals surface area contributed by atoms with Crippen molar-refractivity contribution in [2.24, 2.45) is 0 Å². The van der Waals surface area contributed by atoms with E-state index in [-0.39, 0.29) is 5.69 Å². The molecule has 0 atom stereocenters. The van der Waals surface area contributed by atoms with E-state index in [1.807, 2.05) is 19.1 Å². The molecule has 1 rings (SSSR count). The smallest absolute Gasteiger partial charge is 0.258 e. The van der Waals surface area contributed by atoms with Gasteiger partial charge in [-0.2, -0.15) is 5.26 Å². The summed E-state index contributed by atoms with van der Waals surface area (Å²) in [4.78, 5) is 10.3. The van der Waals surface area contributed by atoms with Crippen molar-refractivity contribution in [3.63, 3.8) is 0 Å². The molecule has 4 heteroatoms. The van der Waals surface area contributed by atoms with Gasteiger partial charge < -0.3 is 0 Å². The molecule has 0 spiro atoms. The number of nitro groups is 1. The summed E-state index contributed by atoms with van der Waals surface area (Å²) in [5.74, 6) is 0. The van der Waals surface area contributed by atoms with Gasteiger partial charge in [0.1, 0.15) is 0 Å². The van der Waals surface area contributed by atoms with Gasteiger partial charge in [0.2, 0.25) is 0 Å². The molecule has 1 aromatic rings. The number of nitriles is 1. The zero-order valence-corrected chi connectivity index (χ0v) is 7.86. The highest BCUT2D eigenvalue weighted by atomic mass is 16.6. The molecule has 0 amide bonds. The van der Waals surface area contributed by atoms with Crippen LogP contribution < -0.4 is 0 Å². The number of nitro benzene ring substituents is 1. The molecular weight excluding hydrogens is 180 g/mol. The van der Waals surface area contributed by atoms with Gasteiger partial charge in [0.15, 0.2) is 0 Å². The highest BCUT2D eigenvalue weighted by Crippen LogP contribution is 2.22. The van der Waals surface area contributed by atoms with Crippen LogP contribution in [0.5, 0.6) is 0 Å². The predicted molar refractivity (Wildman–Crippen MR) is 51.8 cm³/mol. The summed E-state index contributed by atoms with van der Waals surface area (Å²) < 4.78 is 0. The van der Waals surface area contributed by atoms with E-state index in [9.17, 15) is 10.1 Å². The number of nitrogens with zero attached hydrogens (tertiary/aromatic N) is 2. The molecule has 0 saturated carbocycles. The molecule has 14 heavy (non-hydrogen) atoms. The predicted octanol–water partition coefficient (Wildman–Crippen LogP) is 2.36. The van der Waals surface area contributed by atoms with Gasteiger partial charge in [-0.3, -0.25) is 10.1 Å². The van der Waals surface area contributed by atoms with E-state index in [2.05, 4.69) is 0 Å². The number of hydrogen-bond acceptors (Lipinski definition) is 3. The summed E-state index contributed by atoms with van der Waals surface area (Å²) >= 11 is 0. The zero-order chi connectivity index (χ0) is 10.6. The Morgan fingerprint density at radius 2 is 2.29 bits per heavy atom. The molecule has 0 saturated heterocycles. The fourth-order valence-electron chi connectivity index (χ4n) is 1.36. The van der Waals surface area contributed by atoms with Gasteiger partial charge in [0.25, 0.3) is 5.69 Å². The largest absolute Gasteiger partial charge is 0.272 e. The standard InChI is InChI=1S/C10H10N2O2/c1-8-4-2-6-10(12(13)14)9(8)5-3-7-11/h2,4,6H,3,5H2,1H3. The molecule has 0 aromatic heterocycles. The number of aryl methyl sites for hydroxylation is 1. The van der Waals surface area contributed by atoms with Crippen molar-refractivity contribution in [1.82, 2.24) is 0 Å². The second kappa shape index (κ2) is 4.38. The average molecular weight is 190 g/mol. The second-order valence-corrected chi connectivity index (χ2v) is 2.99. The third-order valence-electron chi connectivity index (χ3n) is 2.07. The normalized spacial score (nSPS) is 9.43. The van der Waals surface area contributed by atoms with E-state index in [0.717, 1.165) is 5.56 Å². The summed E-state index contributed by atoms with van der Waals surface area (Å²) in [6.45, 7) is 1.82. The molecule has 1 aromatic carbocycles. The quantitative estimate of drug-likeness (QED) is 0.542. The zero-order valence-electron chi connectivity index (χ0n) is 7.86. The van der Waals surface area contributed by atoms with Crippen LogP contribution in [0, 0.1) is 28.4 Å². The summed E-state index contributed by atoms with van der Waals surface area (Å²) in [6.07, 6.45) is 0.755. The number of benzene rings is 1. The van der Waals surface area contributed by atoms with Gasteiger partial charge >= 0.3 is 0 Å². The van der Waals surface area contributed by atoms with Gasteiger partial charge in [-0.25, -0.2) is 0 Å². The first-order valence-corrected chi connectivity index (χ1v) is 4.26. The lowest BCUT2D eigenvalue weighted by atomic mass is 10.0. The summed E-state index contributed by atoms with van der Waals surface area (Å²) in [6, 6.07) is 6.93. The molecule has 0 heterocycles. The number of hydrogen-bond donors (Lipinski definition) is 0. The monoisotopic (exact) mass is 190 g/mol. The van der Waals surface area contributed by atoms with Crippen LogP contribution in [0.25, 0.3) is 0 Å². The van der Waals surface area contributed by atoms with Crippen LogP contribution in [0.1, 0.15) is 17.5 Å². The molecule has 0 aliphatic carbocycles. The molecule has 0 bridgehead atoms. The SMILES string of the molecule is Cc1cccc([N+](=O)[O-])c1CCC#N. The summed E-state index contributed by atoms with van der Waals surface area (Å²) in [5, 5.41) is 19.1. The Bertz CT molecular complexity index is 394. The number of rotatable bonds is 3. The maximum Gasteiger partial charge on any atom is 0.272 e. The van der Waals surface area contributed by atoms with Crippen molar-refractivity contribution in [2.45, 2.75) is 19.8 Å². The minimum Gasteiger partial charge on any atom is -0.258 e. The van der Waals surface area contributed by atoms with E-state index < -0.39 is 4.92 Å². The fraction of sp³-hybridized carbons (Fsp3) is 0.300. The fourth-order valence-corrected chi connectivity index (χ4v) is 1.36. The van der Waals surface area contributed by atoms with Crippen molar-refractivity contribution < 1.29 is 4.92 Å². The Balaban J connectivity index is 3.10. The summed E-state index contributed by atoms with van der Waals surface area (Å²) in [7, 11) is 0. The van der Waals surface area contributed by atoms with Crippen molar-refractivity contribution >= 4 is 5.69 Å². The van der Waals surface area contributed by atoms with E-state index in [4.69, 9.17) is 5.26 Å². The first-order valence-electron chi connectivity index (χ1n) is 4.26. The van der Waals surface area contributed by atoms with Crippen LogP contribution in [-0.2, 0) is 6.42 Å². The molecule has 0 fully saturated rings. The van der Waals surface area contributed by atoms with Crippen LogP contribution in [0.4, 0.5) is 5.69 Å². The molecule has 72 valence electrons. The molecular formula is C10H10N2O2. The van der Waals surface area contributed by atoms with Gasteiger partial charge in [0, 0.05) is 18.1 Å². The molecule has 4 nitrogen and oxygen atoms in total. The maximum atomic E-state index is 10.7. The minimum absolute atomic E-state index is 0.111. The first-order chi connectivity index (χ1) is 6.66. The Labute approximate surface area is 81.9 Å². The molecule has 0 radical (unpaired) electrons. The highest BCUT2D eigenvalue weighted by molar-refractivity contribution is 5.45. The van der Waals surface area contributed by atoms with E-state index in [1.165, 1.54) is 6.07 Å². The maximum absolute atomic E-state index is 10.7. The lowest BCUT2D eigenvalue weighted by molar-refractivity contribution is -0.385. The minimum atomic E-state index is -0.403. The molecule has 0 N–H and O–H groups in total. The Morgan fingerprint density at radius 3 is 2.86 bits per heavy atom. The third kappa shape index (κ3) is 2.07. The Morgan fingerprint density at radius 1 is 1.57 bits per heavy atom. The van der Waals surface area contributed by atoms with Crippen molar-refractivity contribution in [3.8, 4) is 6.07 Å².